The van der Waals surface area contributed by atoms with Gasteiger partial charge in [-0.2, -0.15) is 0 Å². The Labute approximate surface area is 150 Å². The summed E-state index contributed by atoms with van der Waals surface area (Å²) in [7, 11) is 0. The summed E-state index contributed by atoms with van der Waals surface area (Å²) in [6.45, 7) is 11.5. The van der Waals surface area contributed by atoms with E-state index >= 15 is 0 Å². The maximum Gasteiger partial charge on any atom is 0.123 e. The van der Waals surface area contributed by atoms with Gasteiger partial charge in [-0.05, 0) is 55.8 Å². The van der Waals surface area contributed by atoms with E-state index in [1.54, 1.807) is 12.1 Å². The van der Waals surface area contributed by atoms with E-state index in [1.165, 1.54) is 11.3 Å². The van der Waals surface area contributed by atoms with Crippen LogP contribution in [-0.4, -0.2) is 44.2 Å². The molecule has 1 heterocycles. The van der Waals surface area contributed by atoms with Gasteiger partial charge in [-0.1, -0.05) is 12.1 Å². The van der Waals surface area contributed by atoms with Crippen LogP contribution in [0.4, 0.5) is 15.8 Å². The maximum atomic E-state index is 13.1. The first-order valence-corrected chi connectivity index (χ1v) is 9.26. The van der Waals surface area contributed by atoms with Crippen LogP contribution >= 0.6 is 0 Å². The van der Waals surface area contributed by atoms with Gasteiger partial charge in [0.1, 0.15) is 5.82 Å². The normalized spacial score (nSPS) is 15.4. The van der Waals surface area contributed by atoms with E-state index in [-0.39, 0.29) is 5.82 Å². The summed E-state index contributed by atoms with van der Waals surface area (Å²) >= 11 is 0. The van der Waals surface area contributed by atoms with Gasteiger partial charge in [-0.15, -0.1) is 0 Å². The van der Waals surface area contributed by atoms with Crippen molar-refractivity contribution in [3.8, 4) is 0 Å². The van der Waals surface area contributed by atoms with Crippen LogP contribution in [0.25, 0.3) is 0 Å². The molecule has 25 heavy (non-hydrogen) atoms. The van der Waals surface area contributed by atoms with Crippen LogP contribution in [0, 0.1) is 5.82 Å². The highest BCUT2D eigenvalue weighted by Crippen LogP contribution is 2.19. The molecule has 0 unspecified atom stereocenters. The molecule has 1 fully saturated rings. The Morgan fingerprint density at radius 1 is 0.840 bits per heavy atom. The van der Waals surface area contributed by atoms with Crippen LogP contribution in [0.5, 0.6) is 0 Å². The third kappa shape index (κ3) is 4.51. The predicted octanol–water partition coefficient (Wildman–Crippen LogP) is 3.99. The van der Waals surface area contributed by atoms with Crippen molar-refractivity contribution in [2.45, 2.75) is 20.4 Å². The molecule has 0 spiro atoms. The smallest absolute Gasteiger partial charge is 0.123 e. The number of benzene rings is 2. The van der Waals surface area contributed by atoms with Crippen LogP contribution in [0.2, 0.25) is 0 Å². The summed E-state index contributed by atoms with van der Waals surface area (Å²) in [6, 6.07) is 15.8. The molecular formula is C21H28FN3. The van der Waals surface area contributed by atoms with Crippen molar-refractivity contribution in [1.82, 2.24) is 4.90 Å². The van der Waals surface area contributed by atoms with Crippen molar-refractivity contribution < 1.29 is 4.39 Å². The van der Waals surface area contributed by atoms with Crippen molar-refractivity contribution in [1.29, 1.82) is 0 Å². The molecule has 3 rings (SSSR count). The molecule has 1 saturated heterocycles. The average molecular weight is 341 g/mol. The summed E-state index contributed by atoms with van der Waals surface area (Å²) in [6.07, 6.45) is 0. The molecule has 0 amide bonds. The van der Waals surface area contributed by atoms with Crippen LogP contribution in [-0.2, 0) is 6.54 Å². The quantitative estimate of drug-likeness (QED) is 0.786. The zero-order chi connectivity index (χ0) is 17.6. The Bertz CT molecular complexity index is 642. The molecule has 0 saturated carbocycles. The lowest BCUT2D eigenvalue weighted by atomic mass is 10.1. The van der Waals surface area contributed by atoms with Gasteiger partial charge in [-0.3, -0.25) is 4.90 Å². The van der Waals surface area contributed by atoms with E-state index in [0.717, 1.165) is 51.5 Å². The molecular weight excluding hydrogens is 313 g/mol. The number of halogens is 1. The Morgan fingerprint density at radius 2 is 1.44 bits per heavy atom. The second-order valence-corrected chi connectivity index (χ2v) is 6.58. The molecule has 0 aliphatic carbocycles. The molecule has 0 radical (unpaired) electrons. The molecule has 2 aromatic rings. The third-order valence-corrected chi connectivity index (χ3v) is 5.04. The molecule has 0 aromatic heterocycles. The van der Waals surface area contributed by atoms with Crippen LogP contribution < -0.4 is 9.80 Å². The van der Waals surface area contributed by atoms with Gasteiger partial charge in [-0.25, -0.2) is 4.39 Å². The van der Waals surface area contributed by atoms with Gasteiger partial charge in [0.2, 0.25) is 0 Å². The summed E-state index contributed by atoms with van der Waals surface area (Å²) < 4.78 is 13.1. The fraction of sp³-hybridized carbons (Fsp3) is 0.429. The zero-order valence-electron chi connectivity index (χ0n) is 15.3. The predicted molar refractivity (Wildman–Crippen MR) is 104 cm³/mol. The Balaban J connectivity index is 1.52. The number of hydrogen-bond donors (Lipinski definition) is 0. The summed E-state index contributed by atoms with van der Waals surface area (Å²) in [5, 5.41) is 0. The minimum Gasteiger partial charge on any atom is -0.372 e. The molecule has 0 N–H and O–H groups in total. The molecule has 1 aliphatic rings. The van der Waals surface area contributed by atoms with Crippen molar-refractivity contribution in [3.63, 3.8) is 0 Å². The first-order valence-electron chi connectivity index (χ1n) is 9.26. The fourth-order valence-corrected chi connectivity index (χ4v) is 3.48. The lowest BCUT2D eigenvalue weighted by Crippen LogP contribution is -2.45. The lowest BCUT2D eigenvalue weighted by molar-refractivity contribution is 0.250. The van der Waals surface area contributed by atoms with E-state index < -0.39 is 0 Å². The van der Waals surface area contributed by atoms with E-state index in [4.69, 9.17) is 0 Å². The zero-order valence-corrected chi connectivity index (χ0v) is 15.3. The van der Waals surface area contributed by atoms with Crippen LogP contribution in [0.15, 0.2) is 48.5 Å². The number of rotatable bonds is 6. The van der Waals surface area contributed by atoms with E-state index in [0.29, 0.717) is 0 Å². The summed E-state index contributed by atoms with van der Waals surface area (Å²) in [4.78, 5) is 7.19. The van der Waals surface area contributed by atoms with E-state index in [9.17, 15) is 4.39 Å². The number of anilines is 2. The SMILES string of the molecule is CCN(CC)c1ccc(CN2CCN(c3ccc(F)cc3)CC2)cc1. The molecule has 0 atom stereocenters. The molecule has 4 heteroatoms. The third-order valence-electron chi connectivity index (χ3n) is 5.04. The molecule has 0 bridgehead atoms. The standard InChI is InChI=1S/C21H28FN3/c1-3-24(4-2)20-9-5-18(6-10-20)17-23-13-15-25(16-14-23)21-11-7-19(22)8-12-21/h5-12H,3-4,13-17H2,1-2H3. The topological polar surface area (TPSA) is 9.72 Å². The van der Waals surface area contributed by atoms with Crippen molar-refractivity contribution in [2.24, 2.45) is 0 Å². The Kier molecular flexibility index (Phi) is 5.92. The fourth-order valence-electron chi connectivity index (χ4n) is 3.48. The van der Waals surface area contributed by atoms with Crippen LogP contribution in [0.1, 0.15) is 19.4 Å². The molecule has 3 nitrogen and oxygen atoms in total. The highest BCUT2D eigenvalue weighted by molar-refractivity contribution is 5.48. The van der Waals surface area contributed by atoms with Gasteiger partial charge in [0, 0.05) is 57.2 Å². The van der Waals surface area contributed by atoms with Gasteiger partial charge >= 0.3 is 0 Å². The number of hydrogen-bond acceptors (Lipinski definition) is 3. The maximum absolute atomic E-state index is 13.1. The minimum atomic E-state index is -0.171. The van der Waals surface area contributed by atoms with Gasteiger partial charge in [0.25, 0.3) is 0 Å². The minimum absolute atomic E-state index is 0.171. The van der Waals surface area contributed by atoms with Crippen molar-refractivity contribution in [3.05, 3.63) is 59.9 Å². The van der Waals surface area contributed by atoms with Crippen molar-refractivity contribution in [2.75, 3.05) is 49.1 Å². The monoisotopic (exact) mass is 341 g/mol. The molecule has 1 aliphatic heterocycles. The first-order chi connectivity index (χ1) is 12.2. The summed E-state index contributed by atoms with van der Waals surface area (Å²) in [5.41, 5.74) is 3.78. The highest BCUT2D eigenvalue weighted by Gasteiger charge is 2.17. The Hall–Kier alpha value is -2.07. The lowest BCUT2D eigenvalue weighted by Gasteiger charge is -2.36. The first kappa shape index (κ1) is 17.7. The average Bonchev–Trinajstić information content (AvgIpc) is 2.65. The highest BCUT2D eigenvalue weighted by atomic mass is 19.1. The number of piperazine rings is 1. The van der Waals surface area contributed by atoms with E-state index in [1.807, 2.05) is 12.1 Å². The second kappa shape index (κ2) is 8.34. The van der Waals surface area contributed by atoms with Gasteiger partial charge < -0.3 is 9.80 Å². The second-order valence-electron chi connectivity index (χ2n) is 6.58. The largest absolute Gasteiger partial charge is 0.372 e. The van der Waals surface area contributed by atoms with Gasteiger partial charge in [0.15, 0.2) is 0 Å². The number of nitrogens with zero attached hydrogens (tertiary/aromatic N) is 3. The molecule has 2 aromatic carbocycles. The van der Waals surface area contributed by atoms with E-state index in [2.05, 4.69) is 52.8 Å². The Morgan fingerprint density at radius 3 is 2.00 bits per heavy atom. The molecule has 134 valence electrons. The van der Waals surface area contributed by atoms with Crippen molar-refractivity contribution >= 4 is 11.4 Å². The van der Waals surface area contributed by atoms with Gasteiger partial charge in [0.05, 0.1) is 0 Å². The van der Waals surface area contributed by atoms with Crippen LogP contribution in [0.3, 0.4) is 0 Å². The summed E-state index contributed by atoms with van der Waals surface area (Å²) in [5.74, 6) is -0.171.